The van der Waals surface area contributed by atoms with Crippen molar-refractivity contribution in [3.8, 4) is 0 Å². The number of hydrogen-bond donors (Lipinski definition) is 1. The maximum Gasteiger partial charge on any atom is 0.0600 e. The Hall–Kier alpha value is -0.0800. The zero-order valence-electron chi connectivity index (χ0n) is 9.28. The second-order valence-electron chi connectivity index (χ2n) is 5.09. The number of rotatable bonds is 5. The Labute approximate surface area is 86.6 Å². The van der Waals surface area contributed by atoms with Gasteiger partial charge in [-0.05, 0) is 42.9 Å². The molecule has 2 heteroatoms. The van der Waals surface area contributed by atoms with Crippen molar-refractivity contribution in [2.45, 2.75) is 38.7 Å². The van der Waals surface area contributed by atoms with E-state index in [4.69, 9.17) is 4.74 Å². The molecule has 0 bridgehead atoms. The molecule has 2 nitrogen and oxygen atoms in total. The number of methoxy groups -OCH3 is 1. The van der Waals surface area contributed by atoms with Gasteiger partial charge in [-0.2, -0.15) is 0 Å². The van der Waals surface area contributed by atoms with Crippen LogP contribution >= 0.6 is 0 Å². The van der Waals surface area contributed by atoms with Gasteiger partial charge in [0.25, 0.3) is 0 Å². The van der Waals surface area contributed by atoms with E-state index in [1.807, 2.05) is 0 Å². The first-order chi connectivity index (χ1) is 6.75. The fourth-order valence-electron chi connectivity index (χ4n) is 3.24. The van der Waals surface area contributed by atoms with Gasteiger partial charge in [-0.25, -0.2) is 0 Å². The molecule has 14 heavy (non-hydrogen) atoms. The summed E-state index contributed by atoms with van der Waals surface area (Å²) in [6.07, 6.45) is 5.05. The third kappa shape index (κ3) is 1.82. The third-order valence-electron chi connectivity index (χ3n) is 4.23. The van der Waals surface area contributed by atoms with Gasteiger partial charge in [0, 0.05) is 13.7 Å². The summed E-state index contributed by atoms with van der Waals surface area (Å²) in [5, 5.41) is 10.1. The molecule has 0 spiro atoms. The third-order valence-corrected chi connectivity index (χ3v) is 4.23. The Morgan fingerprint density at radius 3 is 2.57 bits per heavy atom. The first-order valence-electron chi connectivity index (χ1n) is 5.92. The van der Waals surface area contributed by atoms with Gasteiger partial charge < -0.3 is 9.84 Å². The summed E-state index contributed by atoms with van der Waals surface area (Å²) in [7, 11) is 1.73. The van der Waals surface area contributed by atoms with Gasteiger partial charge in [0.1, 0.15) is 0 Å². The summed E-state index contributed by atoms with van der Waals surface area (Å²) in [4.78, 5) is 0. The molecule has 4 atom stereocenters. The fourth-order valence-corrected chi connectivity index (χ4v) is 3.24. The average Bonchev–Trinajstić information content (AvgIpc) is 2.66. The summed E-state index contributed by atoms with van der Waals surface area (Å²) < 4.78 is 5.05. The molecule has 0 aromatic heterocycles. The largest absolute Gasteiger partial charge is 0.393 e. The highest BCUT2D eigenvalue weighted by Crippen LogP contribution is 2.59. The van der Waals surface area contributed by atoms with Crippen LogP contribution in [0.5, 0.6) is 0 Å². The van der Waals surface area contributed by atoms with E-state index >= 15 is 0 Å². The molecule has 0 aliphatic heterocycles. The Bertz CT molecular complexity index is 183. The maximum absolute atomic E-state index is 10.1. The zero-order valence-corrected chi connectivity index (χ0v) is 9.28. The van der Waals surface area contributed by atoms with Crippen molar-refractivity contribution in [1.82, 2.24) is 0 Å². The molecule has 1 N–H and O–H groups in total. The minimum absolute atomic E-state index is 0.0690. The molecule has 0 aromatic carbocycles. The monoisotopic (exact) mass is 198 g/mol. The quantitative estimate of drug-likeness (QED) is 0.732. The van der Waals surface area contributed by atoms with Crippen LogP contribution < -0.4 is 0 Å². The van der Waals surface area contributed by atoms with E-state index in [1.54, 1.807) is 7.11 Å². The number of aliphatic hydroxyl groups is 1. The van der Waals surface area contributed by atoms with Crippen LogP contribution in [-0.2, 0) is 4.74 Å². The van der Waals surface area contributed by atoms with Gasteiger partial charge in [0.15, 0.2) is 0 Å². The highest BCUT2D eigenvalue weighted by atomic mass is 16.5. The standard InChI is InChI=1S/C12H22O2/c1-8(6-7-14-2)12(13)11-9-4-3-5-10(9)11/h8-13H,3-7H2,1-2H3. The molecule has 0 saturated heterocycles. The van der Waals surface area contributed by atoms with Gasteiger partial charge in [-0.3, -0.25) is 0 Å². The molecule has 2 aliphatic rings. The molecule has 2 aliphatic carbocycles. The molecule has 0 amide bonds. The lowest BCUT2D eigenvalue weighted by Crippen LogP contribution is -2.23. The summed E-state index contributed by atoms with van der Waals surface area (Å²) >= 11 is 0. The van der Waals surface area contributed by atoms with Crippen LogP contribution in [0.25, 0.3) is 0 Å². The van der Waals surface area contributed by atoms with Crippen molar-refractivity contribution in [3.63, 3.8) is 0 Å². The normalized spacial score (nSPS) is 39.2. The zero-order chi connectivity index (χ0) is 10.1. The summed E-state index contributed by atoms with van der Waals surface area (Å²) in [5.74, 6) is 2.78. The molecule has 2 rings (SSSR count). The van der Waals surface area contributed by atoms with E-state index < -0.39 is 0 Å². The molecule has 82 valence electrons. The Morgan fingerprint density at radius 2 is 2.00 bits per heavy atom. The minimum Gasteiger partial charge on any atom is -0.393 e. The van der Waals surface area contributed by atoms with Crippen LogP contribution in [0, 0.1) is 23.7 Å². The van der Waals surface area contributed by atoms with Crippen LogP contribution in [-0.4, -0.2) is 24.9 Å². The van der Waals surface area contributed by atoms with Crippen molar-refractivity contribution >= 4 is 0 Å². The molecule has 0 radical (unpaired) electrons. The molecule has 4 unspecified atom stereocenters. The van der Waals surface area contributed by atoms with E-state index in [0.29, 0.717) is 11.8 Å². The Balaban J connectivity index is 1.75. The molecule has 2 saturated carbocycles. The van der Waals surface area contributed by atoms with Crippen LogP contribution in [0.3, 0.4) is 0 Å². The lowest BCUT2D eigenvalue weighted by Gasteiger charge is -2.20. The van der Waals surface area contributed by atoms with Gasteiger partial charge in [-0.15, -0.1) is 0 Å². The van der Waals surface area contributed by atoms with E-state index in [1.165, 1.54) is 19.3 Å². The molecular weight excluding hydrogens is 176 g/mol. The molecule has 2 fully saturated rings. The second-order valence-corrected chi connectivity index (χ2v) is 5.09. The SMILES string of the molecule is COCCC(C)C(O)C1C2CCCC21. The van der Waals surface area contributed by atoms with Gasteiger partial charge in [0.05, 0.1) is 6.10 Å². The predicted octanol–water partition coefficient (Wildman–Crippen LogP) is 2.07. The Kier molecular flexibility index (Phi) is 3.13. The van der Waals surface area contributed by atoms with Crippen molar-refractivity contribution in [2.75, 3.05) is 13.7 Å². The van der Waals surface area contributed by atoms with Crippen LogP contribution in [0.1, 0.15) is 32.6 Å². The number of ether oxygens (including phenoxy) is 1. The van der Waals surface area contributed by atoms with Crippen molar-refractivity contribution in [2.24, 2.45) is 23.7 Å². The topological polar surface area (TPSA) is 29.5 Å². The molecular formula is C12H22O2. The lowest BCUT2D eigenvalue weighted by atomic mass is 9.93. The molecule has 0 aromatic rings. The summed E-state index contributed by atoms with van der Waals surface area (Å²) in [5.41, 5.74) is 0. The highest BCUT2D eigenvalue weighted by molar-refractivity contribution is 5.04. The van der Waals surface area contributed by atoms with E-state index in [9.17, 15) is 5.11 Å². The predicted molar refractivity (Wildman–Crippen MR) is 56.0 cm³/mol. The minimum atomic E-state index is -0.0690. The van der Waals surface area contributed by atoms with Crippen LogP contribution in [0.15, 0.2) is 0 Å². The van der Waals surface area contributed by atoms with Crippen molar-refractivity contribution in [3.05, 3.63) is 0 Å². The number of hydrogen-bond acceptors (Lipinski definition) is 2. The fraction of sp³-hybridized carbons (Fsp3) is 1.00. The summed E-state index contributed by atoms with van der Waals surface area (Å²) in [6.45, 7) is 2.93. The Morgan fingerprint density at radius 1 is 1.36 bits per heavy atom. The van der Waals surface area contributed by atoms with Gasteiger partial charge >= 0.3 is 0 Å². The maximum atomic E-state index is 10.1. The lowest BCUT2D eigenvalue weighted by molar-refractivity contribution is 0.0617. The van der Waals surface area contributed by atoms with E-state index in [-0.39, 0.29) is 6.10 Å². The van der Waals surface area contributed by atoms with Crippen molar-refractivity contribution in [1.29, 1.82) is 0 Å². The van der Waals surface area contributed by atoms with Crippen LogP contribution in [0.4, 0.5) is 0 Å². The highest BCUT2D eigenvalue weighted by Gasteiger charge is 2.56. The average molecular weight is 198 g/mol. The first kappa shape index (κ1) is 10.4. The van der Waals surface area contributed by atoms with Gasteiger partial charge in [0.2, 0.25) is 0 Å². The molecule has 0 heterocycles. The van der Waals surface area contributed by atoms with Crippen LogP contribution in [0.2, 0.25) is 0 Å². The first-order valence-corrected chi connectivity index (χ1v) is 5.92. The number of fused-ring (bicyclic) bond motifs is 1. The second kappa shape index (κ2) is 4.19. The van der Waals surface area contributed by atoms with E-state index in [0.717, 1.165) is 24.9 Å². The van der Waals surface area contributed by atoms with E-state index in [2.05, 4.69) is 6.92 Å². The smallest absolute Gasteiger partial charge is 0.0600 e. The van der Waals surface area contributed by atoms with Gasteiger partial charge in [-0.1, -0.05) is 13.3 Å². The van der Waals surface area contributed by atoms with Crippen molar-refractivity contribution < 1.29 is 9.84 Å². The number of aliphatic hydroxyl groups excluding tert-OH is 1. The summed E-state index contributed by atoms with van der Waals surface area (Å²) in [6, 6.07) is 0.